The second kappa shape index (κ2) is 5.70. The van der Waals surface area contributed by atoms with E-state index in [1.807, 2.05) is 0 Å². The fourth-order valence-corrected chi connectivity index (χ4v) is 1.29. The van der Waals surface area contributed by atoms with E-state index in [0.29, 0.717) is 18.6 Å². The summed E-state index contributed by atoms with van der Waals surface area (Å²) in [6.07, 6.45) is 2.39. The van der Waals surface area contributed by atoms with Gasteiger partial charge in [0, 0.05) is 19.8 Å². The summed E-state index contributed by atoms with van der Waals surface area (Å²) >= 11 is 0. The summed E-state index contributed by atoms with van der Waals surface area (Å²) in [4.78, 5) is 0. The van der Waals surface area contributed by atoms with Crippen molar-refractivity contribution >= 4 is 0 Å². The van der Waals surface area contributed by atoms with Crippen molar-refractivity contribution in [1.82, 2.24) is 0 Å². The molecule has 0 bridgehead atoms. The van der Waals surface area contributed by atoms with E-state index in [2.05, 4.69) is 0 Å². The van der Waals surface area contributed by atoms with E-state index in [1.54, 1.807) is 7.11 Å². The number of hydrogen-bond acceptors (Lipinski definition) is 1. The molecule has 78 valence electrons. The monoisotopic (exact) mass is 200 g/mol. The smallest absolute Gasteiger partial charge is 0.129 e. The van der Waals surface area contributed by atoms with E-state index in [4.69, 9.17) is 4.74 Å². The standard InChI is InChI=1S/C11H14F2O/c1-14-7-3-2-4-9-5-6-10(12)8-11(9)13/h5-6,8H,2-4,7H2,1H3. The van der Waals surface area contributed by atoms with Gasteiger partial charge in [0.25, 0.3) is 0 Å². The Kier molecular flexibility index (Phi) is 4.53. The van der Waals surface area contributed by atoms with Crippen molar-refractivity contribution in [2.75, 3.05) is 13.7 Å². The molecule has 3 heteroatoms. The molecule has 0 spiro atoms. The van der Waals surface area contributed by atoms with Gasteiger partial charge in [0.2, 0.25) is 0 Å². The first-order chi connectivity index (χ1) is 6.74. The SMILES string of the molecule is COCCCCc1ccc(F)cc1F. The molecule has 0 fully saturated rings. The lowest BCUT2D eigenvalue weighted by atomic mass is 10.1. The highest BCUT2D eigenvalue weighted by molar-refractivity contribution is 5.18. The highest BCUT2D eigenvalue weighted by Gasteiger charge is 2.02. The maximum atomic E-state index is 13.1. The van der Waals surface area contributed by atoms with Crippen LogP contribution in [0.5, 0.6) is 0 Å². The molecule has 0 amide bonds. The lowest BCUT2D eigenvalue weighted by Crippen LogP contribution is -1.94. The van der Waals surface area contributed by atoms with Crippen LogP contribution in [-0.2, 0) is 11.2 Å². The van der Waals surface area contributed by atoms with Crippen molar-refractivity contribution < 1.29 is 13.5 Å². The van der Waals surface area contributed by atoms with Gasteiger partial charge in [0.05, 0.1) is 0 Å². The van der Waals surface area contributed by atoms with Gasteiger partial charge in [-0.1, -0.05) is 6.07 Å². The topological polar surface area (TPSA) is 9.23 Å². The third kappa shape index (κ3) is 3.42. The number of benzene rings is 1. The van der Waals surface area contributed by atoms with Crippen molar-refractivity contribution in [2.24, 2.45) is 0 Å². The summed E-state index contributed by atoms with van der Waals surface area (Å²) in [5.74, 6) is -0.981. The second-order valence-corrected chi connectivity index (χ2v) is 3.19. The van der Waals surface area contributed by atoms with Crippen LogP contribution in [0, 0.1) is 11.6 Å². The van der Waals surface area contributed by atoms with Crippen LogP contribution in [0.15, 0.2) is 18.2 Å². The molecule has 0 aliphatic rings. The van der Waals surface area contributed by atoms with Crippen LogP contribution in [-0.4, -0.2) is 13.7 Å². The molecule has 1 aromatic carbocycles. The normalized spacial score (nSPS) is 10.5. The number of hydrogen-bond donors (Lipinski definition) is 0. The number of halogens is 2. The molecule has 0 N–H and O–H groups in total. The van der Waals surface area contributed by atoms with Gasteiger partial charge in [0.15, 0.2) is 0 Å². The Hall–Kier alpha value is -0.960. The predicted molar refractivity (Wildman–Crippen MR) is 51.2 cm³/mol. The van der Waals surface area contributed by atoms with E-state index in [9.17, 15) is 8.78 Å². The number of rotatable bonds is 5. The van der Waals surface area contributed by atoms with Gasteiger partial charge >= 0.3 is 0 Å². The summed E-state index contributed by atoms with van der Waals surface area (Å²) in [7, 11) is 1.64. The number of unbranched alkanes of at least 4 members (excludes halogenated alkanes) is 1. The van der Waals surface area contributed by atoms with Crippen LogP contribution < -0.4 is 0 Å². The minimum absolute atomic E-state index is 0.456. The quantitative estimate of drug-likeness (QED) is 0.664. The highest BCUT2D eigenvalue weighted by atomic mass is 19.1. The molecule has 1 nitrogen and oxygen atoms in total. The summed E-state index contributed by atoms with van der Waals surface area (Å²) in [6, 6.07) is 3.71. The molecule has 0 atom stereocenters. The minimum Gasteiger partial charge on any atom is -0.385 e. The molecule has 14 heavy (non-hydrogen) atoms. The Morgan fingerprint density at radius 1 is 1.21 bits per heavy atom. The highest BCUT2D eigenvalue weighted by Crippen LogP contribution is 2.12. The van der Waals surface area contributed by atoms with Crippen LogP contribution in [0.2, 0.25) is 0 Å². The molecule has 0 heterocycles. The first-order valence-corrected chi connectivity index (χ1v) is 4.67. The average Bonchev–Trinajstić information content (AvgIpc) is 2.15. The first kappa shape index (κ1) is 11.1. The molecule has 0 radical (unpaired) electrons. The van der Waals surface area contributed by atoms with Crippen LogP contribution >= 0.6 is 0 Å². The molecule has 0 aliphatic heterocycles. The second-order valence-electron chi connectivity index (χ2n) is 3.19. The lowest BCUT2D eigenvalue weighted by Gasteiger charge is -2.02. The fraction of sp³-hybridized carbons (Fsp3) is 0.455. The van der Waals surface area contributed by atoms with Gasteiger partial charge in [-0.3, -0.25) is 0 Å². The van der Waals surface area contributed by atoms with E-state index in [0.717, 1.165) is 18.9 Å². The summed E-state index contributed by atoms with van der Waals surface area (Å²) in [5.41, 5.74) is 0.572. The maximum absolute atomic E-state index is 13.1. The molecule has 0 unspecified atom stereocenters. The van der Waals surface area contributed by atoms with Crippen LogP contribution in [0.1, 0.15) is 18.4 Å². The van der Waals surface area contributed by atoms with Gasteiger partial charge in [-0.15, -0.1) is 0 Å². The van der Waals surface area contributed by atoms with Crippen LogP contribution in [0.25, 0.3) is 0 Å². The third-order valence-electron chi connectivity index (χ3n) is 2.06. The fourth-order valence-electron chi connectivity index (χ4n) is 1.29. The van der Waals surface area contributed by atoms with Gasteiger partial charge in [-0.2, -0.15) is 0 Å². The molecular formula is C11H14F2O. The molecule has 0 aliphatic carbocycles. The average molecular weight is 200 g/mol. The zero-order valence-electron chi connectivity index (χ0n) is 8.22. The Morgan fingerprint density at radius 3 is 2.64 bits per heavy atom. The zero-order valence-corrected chi connectivity index (χ0v) is 8.22. The Bertz CT molecular complexity index is 287. The van der Waals surface area contributed by atoms with Crippen LogP contribution in [0.4, 0.5) is 8.78 Å². The molecule has 0 saturated carbocycles. The lowest BCUT2D eigenvalue weighted by molar-refractivity contribution is 0.193. The molecule has 0 saturated heterocycles. The van der Waals surface area contributed by atoms with E-state index < -0.39 is 11.6 Å². The number of ether oxygens (including phenoxy) is 1. The molecule has 0 aromatic heterocycles. The number of aryl methyl sites for hydroxylation is 1. The largest absolute Gasteiger partial charge is 0.385 e. The zero-order chi connectivity index (χ0) is 10.4. The van der Waals surface area contributed by atoms with Gasteiger partial charge in [-0.05, 0) is 30.9 Å². The van der Waals surface area contributed by atoms with Gasteiger partial charge < -0.3 is 4.74 Å². The van der Waals surface area contributed by atoms with Crippen LogP contribution in [0.3, 0.4) is 0 Å². The van der Waals surface area contributed by atoms with E-state index in [-0.39, 0.29) is 0 Å². The Morgan fingerprint density at radius 2 is 2.00 bits per heavy atom. The molecule has 1 aromatic rings. The van der Waals surface area contributed by atoms with Crippen molar-refractivity contribution in [1.29, 1.82) is 0 Å². The maximum Gasteiger partial charge on any atom is 0.129 e. The van der Waals surface area contributed by atoms with Crippen molar-refractivity contribution in [3.8, 4) is 0 Å². The molecular weight excluding hydrogens is 186 g/mol. The minimum atomic E-state index is -0.525. The molecule has 1 rings (SSSR count). The third-order valence-corrected chi connectivity index (χ3v) is 2.06. The number of methoxy groups -OCH3 is 1. The van der Waals surface area contributed by atoms with E-state index in [1.165, 1.54) is 12.1 Å². The van der Waals surface area contributed by atoms with Gasteiger partial charge in [-0.25, -0.2) is 8.78 Å². The van der Waals surface area contributed by atoms with Gasteiger partial charge in [0.1, 0.15) is 11.6 Å². The predicted octanol–water partition coefficient (Wildman–Crippen LogP) is 2.93. The Labute approximate surface area is 82.7 Å². The first-order valence-electron chi connectivity index (χ1n) is 4.67. The van der Waals surface area contributed by atoms with Crippen molar-refractivity contribution in [3.05, 3.63) is 35.4 Å². The summed E-state index contributed by atoms with van der Waals surface area (Å²) < 4.78 is 30.5. The van der Waals surface area contributed by atoms with Crippen molar-refractivity contribution in [2.45, 2.75) is 19.3 Å². The van der Waals surface area contributed by atoms with Crippen molar-refractivity contribution in [3.63, 3.8) is 0 Å². The summed E-state index contributed by atoms with van der Waals surface area (Å²) in [6.45, 7) is 0.683. The Balaban J connectivity index is 2.42. The summed E-state index contributed by atoms with van der Waals surface area (Å²) in [5, 5.41) is 0. The van der Waals surface area contributed by atoms with E-state index >= 15 is 0 Å².